The predicted molar refractivity (Wildman–Crippen MR) is 69.3 cm³/mol. The van der Waals surface area contributed by atoms with Crippen LogP contribution in [0.25, 0.3) is 0 Å². The van der Waals surface area contributed by atoms with Crippen molar-refractivity contribution in [1.29, 1.82) is 0 Å². The van der Waals surface area contributed by atoms with Crippen LogP contribution in [0.2, 0.25) is 0 Å². The molecule has 0 aromatic carbocycles. The molecule has 0 radical (unpaired) electrons. The number of aryl methyl sites for hydroxylation is 1. The van der Waals surface area contributed by atoms with Gasteiger partial charge < -0.3 is 0 Å². The van der Waals surface area contributed by atoms with E-state index in [0.29, 0.717) is 6.04 Å². The summed E-state index contributed by atoms with van der Waals surface area (Å²) in [4.78, 5) is 2.49. The molecule has 0 bridgehead atoms. The minimum Gasteiger partial charge on any atom is -0.299 e. The molecule has 1 atom stereocenters. The summed E-state index contributed by atoms with van der Waals surface area (Å²) < 4.78 is 4.11. The number of rotatable bonds is 4. The van der Waals surface area contributed by atoms with Gasteiger partial charge in [-0.3, -0.25) is 14.3 Å². The van der Waals surface area contributed by atoms with Crippen molar-refractivity contribution in [1.82, 2.24) is 24.5 Å². The zero-order valence-corrected chi connectivity index (χ0v) is 10.7. The molecule has 5 heteroatoms. The second-order valence-corrected chi connectivity index (χ2v) is 5.01. The van der Waals surface area contributed by atoms with E-state index in [1.165, 1.54) is 12.0 Å². The molecule has 1 aliphatic heterocycles. The van der Waals surface area contributed by atoms with Gasteiger partial charge in [-0.25, -0.2) is 0 Å². The first-order valence-electron chi connectivity index (χ1n) is 6.52. The number of hydrogen-bond donors (Lipinski definition) is 0. The van der Waals surface area contributed by atoms with Crippen LogP contribution in [0.1, 0.15) is 18.0 Å². The van der Waals surface area contributed by atoms with E-state index in [2.05, 4.69) is 39.1 Å². The highest BCUT2D eigenvalue weighted by molar-refractivity contribution is 4.99. The fraction of sp³-hybridized carbons (Fsp3) is 0.538. The highest BCUT2D eigenvalue weighted by Crippen LogP contribution is 2.20. The first-order chi connectivity index (χ1) is 8.81. The van der Waals surface area contributed by atoms with Crippen LogP contribution in [0.15, 0.2) is 30.9 Å². The van der Waals surface area contributed by atoms with Crippen LogP contribution in [-0.2, 0) is 6.54 Å². The molecule has 96 valence electrons. The van der Waals surface area contributed by atoms with Gasteiger partial charge in [-0.1, -0.05) is 0 Å². The molecule has 0 spiro atoms. The summed E-state index contributed by atoms with van der Waals surface area (Å²) >= 11 is 0. The molecule has 0 amide bonds. The monoisotopic (exact) mass is 245 g/mol. The molecule has 1 aliphatic rings. The first-order valence-corrected chi connectivity index (χ1v) is 6.52. The minimum atomic E-state index is 0.541. The van der Waals surface area contributed by atoms with Gasteiger partial charge in [0.25, 0.3) is 0 Å². The van der Waals surface area contributed by atoms with Crippen molar-refractivity contribution in [3.63, 3.8) is 0 Å². The molecule has 2 aromatic rings. The van der Waals surface area contributed by atoms with Gasteiger partial charge in [0.1, 0.15) is 0 Å². The Bertz CT molecular complexity index is 487. The molecule has 1 saturated heterocycles. The Balaban J connectivity index is 1.51. The summed E-state index contributed by atoms with van der Waals surface area (Å²) in [5, 5.41) is 8.64. The lowest BCUT2D eigenvalue weighted by molar-refractivity contribution is 0.300. The molecule has 1 fully saturated rings. The quantitative estimate of drug-likeness (QED) is 0.816. The van der Waals surface area contributed by atoms with Crippen LogP contribution in [0.5, 0.6) is 0 Å². The lowest BCUT2D eigenvalue weighted by Gasteiger charge is -2.16. The smallest absolute Gasteiger partial charge is 0.0658 e. The van der Waals surface area contributed by atoms with E-state index >= 15 is 0 Å². The van der Waals surface area contributed by atoms with Gasteiger partial charge in [0.2, 0.25) is 0 Å². The van der Waals surface area contributed by atoms with Crippen LogP contribution in [-0.4, -0.2) is 44.1 Å². The van der Waals surface area contributed by atoms with Gasteiger partial charge in [0.05, 0.1) is 18.8 Å². The third kappa shape index (κ3) is 2.46. The van der Waals surface area contributed by atoms with Crippen LogP contribution >= 0.6 is 0 Å². The zero-order valence-electron chi connectivity index (χ0n) is 10.7. The summed E-state index contributed by atoms with van der Waals surface area (Å²) in [6.07, 6.45) is 9.12. The standard InChI is InChI=1S/C13H19N5/c1-12-9-15-17(10-12)8-7-16-6-3-13(11-16)18-5-2-4-14-18/h2,4-5,9-10,13H,3,6-8,11H2,1H3. The molecule has 5 nitrogen and oxygen atoms in total. The van der Waals surface area contributed by atoms with E-state index in [1.54, 1.807) is 0 Å². The van der Waals surface area contributed by atoms with Crippen molar-refractivity contribution in [2.75, 3.05) is 19.6 Å². The van der Waals surface area contributed by atoms with Gasteiger partial charge in [-0.15, -0.1) is 0 Å². The van der Waals surface area contributed by atoms with Crippen molar-refractivity contribution in [2.45, 2.75) is 25.9 Å². The Morgan fingerprint density at radius 3 is 3.00 bits per heavy atom. The fourth-order valence-electron chi connectivity index (χ4n) is 2.56. The summed E-state index contributed by atoms with van der Waals surface area (Å²) in [6.45, 7) is 6.37. The second kappa shape index (κ2) is 4.94. The van der Waals surface area contributed by atoms with E-state index in [0.717, 1.165) is 26.2 Å². The minimum absolute atomic E-state index is 0.541. The lowest BCUT2D eigenvalue weighted by Crippen LogP contribution is -2.26. The summed E-state index contributed by atoms with van der Waals surface area (Å²) in [5.74, 6) is 0. The van der Waals surface area contributed by atoms with Crippen LogP contribution in [0, 0.1) is 6.92 Å². The number of likely N-dealkylation sites (tertiary alicyclic amines) is 1. The maximum absolute atomic E-state index is 4.33. The highest BCUT2D eigenvalue weighted by Gasteiger charge is 2.23. The van der Waals surface area contributed by atoms with Crippen molar-refractivity contribution in [2.24, 2.45) is 0 Å². The maximum Gasteiger partial charge on any atom is 0.0658 e. The Labute approximate surface area is 107 Å². The summed E-state index contributed by atoms with van der Waals surface area (Å²) in [5.41, 5.74) is 1.23. The largest absolute Gasteiger partial charge is 0.299 e. The van der Waals surface area contributed by atoms with E-state index in [9.17, 15) is 0 Å². The van der Waals surface area contributed by atoms with E-state index in [1.807, 2.05) is 23.1 Å². The normalized spacial score (nSPS) is 20.6. The molecule has 0 aliphatic carbocycles. The van der Waals surface area contributed by atoms with Crippen LogP contribution < -0.4 is 0 Å². The predicted octanol–water partition coefficient (Wildman–Crippen LogP) is 1.34. The van der Waals surface area contributed by atoms with Crippen molar-refractivity contribution in [3.05, 3.63) is 36.4 Å². The molecule has 0 saturated carbocycles. The SMILES string of the molecule is Cc1cnn(CCN2CCC(n3cccn3)C2)c1. The molecular weight excluding hydrogens is 226 g/mol. The Morgan fingerprint density at radius 1 is 1.33 bits per heavy atom. The van der Waals surface area contributed by atoms with Crippen molar-refractivity contribution in [3.8, 4) is 0 Å². The lowest BCUT2D eigenvalue weighted by atomic mass is 10.3. The van der Waals surface area contributed by atoms with Crippen molar-refractivity contribution < 1.29 is 0 Å². The van der Waals surface area contributed by atoms with Gasteiger partial charge in [0, 0.05) is 38.2 Å². The number of aromatic nitrogens is 4. The molecule has 2 aromatic heterocycles. The third-order valence-electron chi connectivity index (χ3n) is 3.55. The van der Waals surface area contributed by atoms with Gasteiger partial charge in [-0.2, -0.15) is 10.2 Å². The Kier molecular flexibility index (Phi) is 3.15. The zero-order chi connectivity index (χ0) is 12.4. The average Bonchev–Trinajstić information content (AvgIpc) is 3.07. The second-order valence-electron chi connectivity index (χ2n) is 5.01. The van der Waals surface area contributed by atoms with E-state index in [4.69, 9.17) is 0 Å². The van der Waals surface area contributed by atoms with Crippen LogP contribution in [0.4, 0.5) is 0 Å². The fourth-order valence-corrected chi connectivity index (χ4v) is 2.56. The Morgan fingerprint density at radius 2 is 2.28 bits per heavy atom. The number of nitrogens with zero attached hydrogens (tertiary/aromatic N) is 5. The van der Waals surface area contributed by atoms with Gasteiger partial charge >= 0.3 is 0 Å². The topological polar surface area (TPSA) is 38.9 Å². The molecule has 18 heavy (non-hydrogen) atoms. The van der Waals surface area contributed by atoms with E-state index in [-0.39, 0.29) is 0 Å². The number of hydrogen-bond acceptors (Lipinski definition) is 3. The van der Waals surface area contributed by atoms with Crippen LogP contribution in [0.3, 0.4) is 0 Å². The summed E-state index contributed by atoms with van der Waals surface area (Å²) in [6, 6.07) is 2.54. The van der Waals surface area contributed by atoms with E-state index < -0.39 is 0 Å². The third-order valence-corrected chi connectivity index (χ3v) is 3.55. The van der Waals surface area contributed by atoms with Gasteiger partial charge in [-0.05, 0) is 25.0 Å². The Hall–Kier alpha value is -1.62. The molecule has 1 unspecified atom stereocenters. The molecule has 3 heterocycles. The molecule has 0 N–H and O–H groups in total. The van der Waals surface area contributed by atoms with Gasteiger partial charge in [0.15, 0.2) is 0 Å². The average molecular weight is 245 g/mol. The first kappa shape index (κ1) is 11.5. The maximum atomic E-state index is 4.33. The molecule has 3 rings (SSSR count). The highest BCUT2D eigenvalue weighted by atomic mass is 15.3. The summed E-state index contributed by atoms with van der Waals surface area (Å²) in [7, 11) is 0. The van der Waals surface area contributed by atoms with Crippen molar-refractivity contribution >= 4 is 0 Å². The molecular formula is C13H19N5.